The van der Waals surface area contributed by atoms with Crippen LogP contribution in [0.1, 0.15) is 0 Å². The molecule has 0 aromatic carbocycles. The quantitative estimate of drug-likeness (QED) is 0.390. The van der Waals surface area contributed by atoms with Gasteiger partial charge >= 0.3 is 63.2 Å². The number of hydrogen-bond acceptors (Lipinski definition) is 0. The molecule has 0 nitrogen and oxygen atoms in total. The third-order valence-corrected chi connectivity index (χ3v) is 0. The van der Waals surface area contributed by atoms with Crippen molar-refractivity contribution in [3.05, 3.63) is 0 Å². The molecule has 0 saturated heterocycles. The van der Waals surface area contributed by atoms with Gasteiger partial charge in [0.25, 0.3) is 0 Å². The molecular formula is H17BGaGeInSi. The van der Waals surface area contributed by atoms with E-state index in [0.29, 0.717) is 0 Å². The van der Waals surface area contributed by atoms with Crippen LogP contribution in [0.25, 0.3) is 0 Å². The summed E-state index contributed by atoms with van der Waals surface area (Å²) in [6.07, 6.45) is 0. The van der Waals surface area contributed by atoms with Crippen molar-refractivity contribution < 1.29 is 0 Å². The predicted octanol–water partition coefficient (Wildman–Crippen LogP) is -6.45. The molecule has 0 N–H and O–H groups in total. The van der Waals surface area contributed by atoms with E-state index < -0.39 is 0 Å². The summed E-state index contributed by atoms with van der Waals surface area (Å²) >= 11 is 0. The molecule has 0 atom stereocenters. The van der Waals surface area contributed by atoms with Crippen molar-refractivity contribution in [1.82, 2.24) is 0 Å². The monoisotopic (exact) mass is 314 g/mol. The van der Waals surface area contributed by atoms with Gasteiger partial charge < -0.3 is 0 Å². The minimum atomic E-state index is 0. The van der Waals surface area contributed by atoms with Gasteiger partial charge in [0, 0.05) is 0 Å². The molecule has 0 aromatic rings. The van der Waals surface area contributed by atoms with E-state index in [4.69, 9.17) is 0 Å². The first-order valence-electron chi connectivity index (χ1n) is 0. The molecule has 34 valence electrons. The zero-order valence-corrected chi connectivity index (χ0v) is 0. The van der Waals surface area contributed by atoms with Crippen LogP contribution < -0.4 is 0 Å². The van der Waals surface area contributed by atoms with E-state index in [1.165, 1.54) is 0 Å². The number of rotatable bonds is 0. The van der Waals surface area contributed by atoms with Crippen molar-refractivity contribution in [3.8, 4) is 0 Å². The van der Waals surface area contributed by atoms with Gasteiger partial charge in [-0.1, -0.05) is 0 Å². The van der Waals surface area contributed by atoms with Crippen LogP contribution in [0, 0.1) is 0 Å². The van der Waals surface area contributed by atoms with Gasteiger partial charge in [0.1, 0.15) is 0 Å². The Morgan fingerprint density at radius 2 is 1.00 bits per heavy atom. The smallest absolute Gasteiger partial charge is 0.0149 e. The summed E-state index contributed by atoms with van der Waals surface area (Å²) in [4.78, 5) is 0. The molecule has 0 bridgehead atoms. The maximum atomic E-state index is 0. The second-order valence-electron chi connectivity index (χ2n) is 0. The third kappa shape index (κ3) is 21.9. The molecule has 0 radical (unpaired) electrons. The second kappa shape index (κ2) is 33.1. The zero-order chi connectivity index (χ0) is 0. The fourth-order valence-electron chi connectivity index (χ4n) is 0. The van der Waals surface area contributed by atoms with Crippen LogP contribution in [-0.2, 0) is 0 Å². The van der Waals surface area contributed by atoms with Crippen molar-refractivity contribution in [2.75, 3.05) is 0 Å². The summed E-state index contributed by atoms with van der Waals surface area (Å²) in [5.74, 6) is 0. The van der Waals surface area contributed by atoms with Crippen molar-refractivity contribution in [2.45, 2.75) is 0 Å². The van der Waals surface area contributed by atoms with Crippen LogP contribution in [0.5, 0.6) is 0 Å². The molecule has 0 unspecified atom stereocenters. The molecule has 0 spiro atoms. The first kappa shape index (κ1) is 54.1. The van der Waals surface area contributed by atoms with Crippen LogP contribution in [0.15, 0.2) is 0 Å². The van der Waals surface area contributed by atoms with Gasteiger partial charge in [-0.2, -0.15) is 0 Å². The second-order valence-corrected chi connectivity index (χ2v) is 0. The Kier molecular flexibility index (Phi) is 358. The van der Waals surface area contributed by atoms with E-state index in [0.717, 1.165) is 0 Å². The molecule has 0 heterocycles. The summed E-state index contributed by atoms with van der Waals surface area (Å²) < 4.78 is 0. The van der Waals surface area contributed by atoms with Gasteiger partial charge in [-0.3, -0.25) is 0 Å². The van der Waals surface area contributed by atoms with Crippen LogP contribution in [0.2, 0.25) is 0 Å². The van der Waals surface area contributed by atoms with Crippen molar-refractivity contribution in [1.29, 1.82) is 0 Å². The Morgan fingerprint density at radius 3 is 1.00 bits per heavy atom. The molecule has 0 saturated carbocycles. The van der Waals surface area contributed by atoms with Gasteiger partial charge in [0.2, 0.25) is 0 Å². The van der Waals surface area contributed by atoms with E-state index >= 15 is 0 Å². The van der Waals surface area contributed by atoms with E-state index in [9.17, 15) is 0 Å². The molecule has 5 heteroatoms. The van der Waals surface area contributed by atoms with Gasteiger partial charge in [-0.05, 0) is 11.0 Å². The summed E-state index contributed by atoms with van der Waals surface area (Å²) in [7, 11) is 0. The Morgan fingerprint density at radius 1 is 1.00 bits per heavy atom. The Labute approximate surface area is 81.6 Å². The topological polar surface area (TPSA) is 0 Å². The van der Waals surface area contributed by atoms with Gasteiger partial charge in [0.15, 0.2) is 0 Å². The van der Waals surface area contributed by atoms with Gasteiger partial charge in [0.05, 0.1) is 8.41 Å². The molecule has 0 aliphatic carbocycles. The van der Waals surface area contributed by atoms with Crippen molar-refractivity contribution in [2.24, 2.45) is 0 Å². The van der Waals surface area contributed by atoms with Crippen molar-refractivity contribution in [3.63, 3.8) is 0 Å². The fourth-order valence-corrected chi connectivity index (χ4v) is 0. The minimum absolute atomic E-state index is 0. The predicted molar refractivity (Wildman–Crippen MR) is 52.5 cm³/mol. The first-order chi connectivity index (χ1) is 0. The van der Waals surface area contributed by atoms with Gasteiger partial charge in [-0.15, -0.1) is 0 Å². The summed E-state index contributed by atoms with van der Waals surface area (Å²) in [5, 5.41) is 0. The van der Waals surface area contributed by atoms with E-state index in [1.54, 1.807) is 0 Å². The molecular weight excluding hydrogens is 296 g/mol. The largest absolute Gasteiger partial charge is 0.0149 e. The molecule has 0 aliphatic heterocycles. The molecule has 0 aliphatic rings. The third-order valence-electron chi connectivity index (χ3n) is 0. The fraction of sp³-hybridized carbons (Fsp3) is 0. The van der Waals surface area contributed by atoms with E-state index in [1.807, 2.05) is 0 Å². The summed E-state index contributed by atoms with van der Waals surface area (Å²) in [6, 6.07) is 0. The Hall–Kier alpha value is 2.33. The van der Waals surface area contributed by atoms with E-state index in [2.05, 4.69) is 0 Å². The molecule has 0 aromatic heterocycles. The standard InChI is InChI=1S/BH3.Ga.GeH4.In.H4Si.6H/h1H3;;1H4;;1H4;;;;;;. The maximum Gasteiger partial charge on any atom is -0.0149 e. The number of hydrogen-bond donors (Lipinski definition) is 0. The van der Waals surface area contributed by atoms with Crippen molar-refractivity contribution >= 4 is 82.6 Å². The van der Waals surface area contributed by atoms with Crippen LogP contribution in [0.3, 0.4) is 0 Å². The molecule has 0 fully saturated rings. The normalized spacial score (nSPS) is 0. The van der Waals surface area contributed by atoms with Gasteiger partial charge in [-0.25, -0.2) is 0 Å². The Balaban J connectivity index is 0. The zero-order valence-electron chi connectivity index (χ0n) is 0. The van der Waals surface area contributed by atoms with Crippen LogP contribution >= 0.6 is 0 Å². The summed E-state index contributed by atoms with van der Waals surface area (Å²) in [6.45, 7) is 0. The Bertz CT molecular complexity index is 11.6. The summed E-state index contributed by atoms with van der Waals surface area (Å²) in [5.41, 5.74) is 0. The molecule has 5 heavy (non-hydrogen) atoms. The van der Waals surface area contributed by atoms with E-state index in [-0.39, 0.29) is 82.6 Å². The van der Waals surface area contributed by atoms with Crippen LogP contribution in [-0.4, -0.2) is 82.6 Å². The van der Waals surface area contributed by atoms with Crippen LogP contribution in [0.4, 0.5) is 0 Å². The average molecular weight is 313 g/mol. The SMILES string of the molecule is B.[GaH3].[GeH4].[InH3].[SiH4]. The minimum Gasteiger partial charge on any atom is -0.0149 e. The maximum absolute atomic E-state index is 0. The molecule has 0 rings (SSSR count). The average Bonchev–Trinajstić information content (AvgIpc) is 0. The first-order valence-corrected chi connectivity index (χ1v) is 0. The molecule has 0 amide bonds.